The minimum atomic E-state index is -0.166. The second kappa shape index (κ2) is 9.23. The number of aromatic nitrogens is 4. The summed E-state index contributed by atoms with van der Waals surface area (Å²) >= 11 is 5.92. The van der Waals surface area contributed by atoms with E-state index in [0.29, 0.717) is 41.3 Å². The molecule has 1 N–H and O–H groups in total. The predicted molar refractivity (Wildman–Crippen MR) is 125 cm³/mol. The van der Waals surface area contributed by atoms with Crippen molar-refractivity contribution in [3.8, 4) is 0 Å². The van der Waals surface area contributed by atoms with Gasteiger partial charge in [0.2, 0.25) is 0 Å². The fraction of sp³-hybridized carbons (Fsp3) is 0.217. The molecule has 0 unspecified atom stereocenters. The summed E-state index contributed by atoms with van der Waals surface area (Å²) < 4.78 is 3.16. The number of carbonyl (C=O) groups excluding carboxylic acids is 1. The molecule has 4 aromatic rings. The van der Waals surface area contributed by atoms with E-state index in [2.05, 4.69) is 15.4 Å². The summed E-state index contributed by atoms with van der Waals surface area (Å²) in [6.07, 6.45) is 3.04. The first-order chi connectivity index (χ1) is 15.4. The average Bonchev–Trinajstić information content (AvgIpc) is 3.21. The Morgan fingerprint density at radius 2 is 1.94 bits per heavy atom. The zero-order chi connectivity index (χ0) is 22.7. The van der Waals surface area contributed by atoms with E-state index in [1.807, 2.05) is 49.3 Å². The molecule has 0 atom stereocenters. The Morgan fingerprint density at radius 3 is 2.69 bits per heavy atom. The molecule has 2 aromatic carbocycles. The lowest BCUT2D eigenvalue weighted by Crippen LogP contribution is -2.28. The van der Waals surface area contributed by atoms with Crippen molar-refractivity contribution in [2.24, 2.45) is 0 Å². The van der Waals surface area contributed by atoms with Crippen molar-refractivity contribution >= 4 is 34.2 Å². The molecule has 0 saturated heterocycles. The number of hydrogen-bond acceptors (Lipinski definition) is 5. The number of anilines is 1. The SMILES string of the molecule is CN(C)c1cccc(C(=O)NCCn2ncc3c(=O)n(Cc4ccc(Cl)cc4)cnc32)c1. The van der Waals surface area contributed by atoms with Crippen LogP contribution in [-0.2, 0) is 13.1 Å². The molecule has 0 bridgehead atoms. The number of benzene rings is 2. The maximum atomic E-state index is 12.8. The van der Waals surface area contributed by atoms with Crippen molar-refractivity contribution in [3.05, 3.63) is 87.6 Å². The van der Waals surface area contributed by atoms with Gasteiger partial charge in [0.05, 0.1) is 19.3 Å². The summed E-state index contributed by atoms with van der Waals surface area (Å²) in [5, 5.41) is 8.26. The van der Waals surface area contributed by atoms with Gasteiger partial charge in [0, 0.05) is 36.9 Å². The number of carbonyl (C=O) groups is 1. The van der Waals surface area contributed by atoms with E-state index in [-0.39, 0.29) is 11.5 Å². The molecule has 9 heteroatoms. The van der Waals surface area contributed by atoms with Gasteiger partial charge in [-0.25, -0.2) is 9.67 Å². The number of fused-ring (bicyclic) bond motifs is 1. The third-order valence-corrected chi connectivity index (χ3v) is 5.37. The second-order valence-corrected chi connectivity index (χ2v) is 8.05. The van der Waals surface area contributed by atoms with Gasteiger partial charge in [-0.15, -0.1) is 0 Å². The van der Waals surface area contributed by atoms with Crippen molar-refractivity contribution in [2.45, 2.75) is 13.1 Å². The van der Waals surface area contributed by atoms with Crippen LogP contribution < -0.4 is 15.8 Å². The van der Waals surface area contributed by atoms with Gasteiger partial charge in [0.1, 0.15) is 11.7 Å². The van der Waals surface area contributed by atoms with Crippen LogP contribution >= 0.6 is 11.6 Å². The molecule has 2 aromatic heterocycles. The maximum absolute atomic E-state index is 12.8. The van der Waals surface area contributed by atoms with Crippen LogP contribution in [0.25, 0.3) is 11.0 Å². The van der Waals surface area contributed by atoms with E-state index >= 15 is 0 Å². The Hall–Kier alpha value is -3.65. The first-order valence-electron chi connectivity index (χ1n) is 10.1. The van der Waals surface area contributed by atoms with Gasteiger partial charge in [-0.05, 0) is 35.9 Å². The Balaban J connectivity index is 1.43. The van der Waals surface area contributed by atoms with E-state index < -0.39 is 0 Å². The highest BCUT2D eigenvalue weighted by atomic mass is 35.5. The highest BCUT2D eigenvalue weighted by Gasteiger charge is 2.12. The number of rotatable bonds is 7. The number of amides is 1. The fourth-order valence-electron chi connectivity index (χ4n) is 3.36. The molecule has 164 valence electrons. The third kappa shape index (κ3) is 4.65. The zero-order valence-electron chi connectivity index (χ0n) is 17.8. The Labute approximate surface area is 190 Å². The quantitative estimate of drug-likeness (QED) is 0.468. The molecule has 32 heavy (non-hydrogen) atoms. The molecule has 0 fully saturated rings. The molecule has 0 aliphatic carbocycles. The molecule has 2 heterocycles. The molecule has 0 radical (unpaired) electrons. The van der Waals surface area contributed by atoms with E-state index in [4.69, 9.17) is 11.6 Å². The van der Waals surface area contributed by atoms with Gasteiger partial charge in [0.25, 0.3) is 11.5 Å². The smallest absolute Gasteiger partial charge is 0.264 e. The molecular formula is C23H23ClN6O2. The Bertz CT molecular complexity index is 1310. The van der Waals surface area contributed by atoms with Crippen LogP contribution in [0.3, 0.4) is 0 Å². The van der Waals surface area contributed by atoms with Crippen molar-refractivity contribution in [1.82, 2.24) is 24.6 Å². The summed E-state index contributed by atoms with van der Waals surface area (Å²) in [5.41, 5.74) is 2.82. The summed E-state index contributed by atoms with van der Waals surface area (Å²) in [4.78, 5) is 31.7. The number of hydrogen-bond donors (Lipinski definition) is 1. The van der Waals surface area contributed by atoms with Crippen molar-refractivity contribution in [3.63, 3.8) is 0 Å². The van der Waals surface area contributed by atoms with Gasteiger partial charge >= 0.3 is 0 Å². The predicted octanol–water partition coefficient (Wildman–Crippen LogP) is 2.79. The second-order valence-electron chi connectivity index (χ2n) is 7.61. The van der Waals surface area contributed by atoms with Gasteiger partial charge in [0.15, 0.2) is 5.65 Å². The van der Waals surface area contributed by atoms with E-state index in [1.54, 1.807) is 22.9 Å². The normalized spacial score (nSPS) is 11.0. The average molecular weight is 451 g/mol. The standard InChI is InChI=1S/C23H23ClN6O2/c1-28(2)19-5-3-4-17(12-19)22(31)25-10-11-30-21-20(13-27-30)23(32)29(15-26-21)14-16-6-8-18(24)9-7-16/h3-9,12-13,15H,10-11,14H2,1-2H3,(H,25,31). The van der Waals surface area contributed by atoms with Crippen LogP contribution in [0.5, 0.6) is 0 Å². The third-order valence-electron chi connectivity index (χ3n) is 5.12. The summed E-state index contributed by atoms with van der Waals surface area (Å²) in [7, 11) is 3.85. The zero-order valence-corrected chi connectivity index (χ0v) is 18.6. The summed E-state index contributed by atoms with van der Waals surface area (Å²) in [6.45, 7) is 1.15. The van der Waals surface area contributed by atoms with Crippen LogP contribution in [0, 0.1) is 0 Å². The van der Waals surface area contributed by atoms with Crippen molar-refractivity contribution in [2.75, 3.05) is 25.5 Å². The molecule has 4 rings (SSSR count). The molecular weight excluding hydrogens is 428 g/mol. The monoisotopic (exact) mass is 450 g/mol. The van der Waals surface area contributed by atoms with Gasteiger partial charge < -0.3 is 10.2 Å². The Kier molecular flexibility index (Phi) is 6.23. The maximum Gasteiger partial charge on any atom is 0.264 e. The number of halogens is 1. The number of nitrogens with one attached hydrogen (secondary N) is 1. The van der Waals surface area contributed by atoms with Crippen LogP contribution in [0.4, 0.5) is 5.69 Å². The van der Waals surface area contributed by atoms with Crippen LogP contribution in [-0.4, -0.2) is 45.9 Å². The minimum Gasteiger partial charge on any atom is -0.378 e. The lowest BCUT2D eigenvalue weighted by molar-refractivity contribution is 0.0952. The highest BCUT2D eigenvalue weighted by molar-refractivity contribution is 6.30. The topological polar surface area (TPSA) is 85.0 Å². The van der Waals surface area contributed by atoms with Gasteiger partial charge in [-0.3, -0.25) is 14.2 Å². The molecule has 0 saturated carbocycles. The van der Waals surface area contributed by atoms with Crippen molar-refractivity contribution < 1.29 is 4.79 Å². The van der Waals surface area contributed by atoms with Crippen LogP contribution in [0.15, 0.2) is 65.8 Å². The molecule has 0 aliphatic rings. The fourth-order valence-corrected chi connectivity index (χ4v) is 3.49. The summed E-state index contributed by atoms with van der Waals surface area (Å²) in [6, 6.07) is 14.7. The molecule has 0 spiro atoms. The van der Waals surface area contributed by atoms with E-state index in [0.717, 1.165) is 11.3 Å². The molecule has 8 nitrogen and oxygen atoms in total. The van der Waals surface area contributed by atoms with Crippen molar-refractivity contribution in [1.29, 1.82) is 0 Å². The van der Waals surface area contributed by atoms with E-state index in [9.17, 15) is 9.59 Å². The van der Waals surface area contributed by atoms with Crippen LogP contribution in [0.1, 0.15) is 15.9 Å². The lowest BCUT2D eigenvalue weighted by atomic mass is 10.2. The minimum absolute atomic E-state index is 0.163. The first kappa shape index (κ1) is 21.6. The Morgan fingerprint density at radius 1 is 1.16 bits per heavy atom. The van der Waals surface area contributed by atoms with E-state index in [1.165, 1.54) is 17.1 Å². The number of nitrogens with zero attached hydrogens (tertiary/aromatic N) is 5. The lowest BCUT2D eigenvalue weighted by Gasteiger charge is -2.13. The molecule has 1 amide bonds. The first-order valence-corrected chi connectivity index (χ1v) is 10.5. The van der Waals surface area contributed by atoms with Gasteiger partial charge in [-0.2, -0.15) is 5.10 Å². The summed E-state index contributed by atoms with van der Waals surface area (Å²) in [5.74, 6) is -0.163. The van der Waals surface area contributed by atoms with Gasteiger partial charge in [-0.1, -0.05) is 29.8 Å². The largest absolute Gasteiger partial charge is 0.378 e. The van der Waals surface area contributed by atoms with Crippen LogP contribution in [0.2, 0.25) is 5.02 Å². The molecule has 0 aliphatic heterocycles. The highest BCUT2D eigenvalue weighted by Crippen LogP contribution is 2.14.